The van der Waals surface area contributed by atoms with E-state index < -0.39 is 0 Å². The Morgan fingerprint density at radius 1 is 1.24 bits per heavy atom. The largest absolute Gasteiger partial charge is 0.325 e. The summed E-state index contributed by atoms with van der Waals surface area (Å²) in [5, 5.41) is 14.4. The van der Waals surface area contributed by atoms with E-state index in [1.54, 1.807) is 35.6 Å². The first-order valence-electron chi connectivity index (χ1n) is 9.48. The number of hydrogen-bond acceptors (Lipinski definition) is 6. The molecular weight excluding hydrogens is 404 g/mol. The van der Waals surface area contributed by atoms with E-state index in [4.69, 9.17) is 0 Å². The molecule has 0 saturated carbocycles. The van der Waals surface area contributed by atoms with Crippen molar-refractivity contribution in [3.8, 4) is 11.4 Å². The van der Waals surface area contributed by atoms with Gasteiger partial charge < -0.3 is 9.88 Å². The number of amides is 1. The second-order valence-electron chi connectivity index (χ2n) is 6.56. The summed E-state index contributed by atoms with van der Waals surface area (Å²) in [7, 11) is 0. The van der Waals surface area contributed by atoms with Crippen molar-refractivity contribution < 1.29 is 9.59 Å². The molecule has 3 aromatic rings. The summed E-state index contributed by atoms with van der Waals surface area (Å²) in [5.41, 5.74) is 3.62. The van der Waals surface area contributed by atoms with Crippen molar-refractivity contribution >= 4 is 40.5 Å². The lowest BCUT2D eigenvalue weighted by atomic mass is 10.1. The van der Waals surface area contributed by atoms with E-state index in [9.17, 15) is 9.59 Å². The Kier molecular flexibility index (Phi) is 6.87. The van der Waals surface area contributed by atoms with Crippen molar-refractivity contribution in [2.75, 3.05) is 11.1 Å². The van der Waals surface area contributed by atoms with Crippen LogP contribution in [0.4, 0.5) is 5.69 Å². The lowest BCUT2D eigenvalue weighted by molar-refractivity contribution is -0.113. The van der Waals surface area contributed by atoms with Gasteiger partial charge in [0.05, 0.1) is 5.75 Å². The van der Waals surface area contributed by atoms with Gasteiger partial charge in [-0.15, -0.1) is 21.5 Å². The van der Waals surface area contributed by atoms with E-state index in [0.717, 1.165) is 29.5 Å². The zero-order valence-corrected chi connectivity index (χ0v) is 18.6. The molecule has 29 heavy (non-hydrogen) atoms. The molecule has 6 nitrogen and oxygen atoms in total. The van der Waals surface area contributed by atoms with Crippen LogP contribution in [0.5, 0.6) is 0 Å². The van der Waals surface area contributed by atoms with Gasteiger partial charge in [0.1, 0.15) is 0 Å². The number of carbonyl (C=O) groups excluding carboxylic acids is 2. The van der Waals surface area contributed by atoms with E-state index in [-0.39, 0.29) is 17.4 Å². The molecule has 1 N–H and O–H groups in total. The molecule has 0 unspecified atom stereocenters. The first-order chi connectivity index (χ1) is 13.9. The number of aryl methyl sites for hydroxylation is 1. The minimum Gasteiger partial charge on any atom is -0.325 e. The number of thioether (sulfide) groups is 1. The third-order valence-corrected chi connectivity index (χ3v) is 6.54. The highest BCUT2D eigenvalue weighted by Gasteiger charge is 2.18. The summed E-state index contributed by atoms with van der Waals surface area (Å²) in [6.07, 6.45) is 0.950. The lowest BCUT2D eigenvalue weighted by Gasteiger charge is -2.09. The van der Waals surface area contributed by atoms with E-state index in [2.05, 4.69) is 46.2 Å². The predicted octanol–water partition coefficient (Wildman–Crippen LogP) is 4.83. The van der Waals surface area contributed by atoms with Gasteiger partial charge in [-0.3, -0.25) is 9.59 Å². The molecule has 0 bridgehead atoms. The fraction of sp³-hybridized carbons (Fsp3) is 0.333. The normalized spacial score (nSPS) is 10.9. The smallest absolute Gasteiger partial charge is 0.234 e. The maximum absolute atomic E-state index is 12.4. The highest BCUT2D eigenvalue weighted by molar-refractivity contribution is 7.99. The summed E-state index contributed by atoms with van der Waals surface area (Å²) in [6, 6.07) is 6.94. The molecule has 0 spiro atoms. The maximum Gasteiger partial charge on any atom is 0.234 e. The molecule has 2 heterocycles. The highest BCUT2D eigenvalue weighted by Crippen LogP contribution is 2.32. The lowest BCUT2D eigenvalue weighted by Crippen LogP contribution is -2.15. The zero-order valence-electron chi connectivity index (χ0n) is 17.0. The first-order valence-corrected chi connectivity index (χ1v) is 11.3. The zero-order chi connectivity index (χ0) is 21.0. The Balaban J connectivity index is 1.71. The van der Waals surface area contributed by atoms with Crippen molar-refractivity contribution in [1.82, 2.24) is 14.8 Å². The van der Waals surface area contributed by atoms with Crippen LogP contribution in [-0.2, 0) is 17.8 Å². The molecule has 3 rings (SSSR count). The fourth-order valence-electron chi connectivity index (χ4n) is 3.13. The average Bonchev–Trinajstić information content (AvgIpc) is 3.28. The second kappa shape index (κ2) is 9.37. The van der Waals surface area contributed by atoms with E-state index in [0.29, 0.717) is 11.3 Å². The van der Waals surface area contributed by atoms with Gasteiger partial charge in [0.25, 0.3) is 0 Å². The second-order valence-corrected chi connectivity index (χ2v) is 8.59. The van der Waals surface area contributed by atoms with Crippen molar-refractivity contribution in [3.63, 3.8) is 0 Å². The number of carbonyl (C=O) groups is 2. The molecule has 0 radical (unpaired) electrons. The van der Waals surface area contributed by atoms with Crippen molar-refractivity contribution in [2.45, 2.75) is 45.8 Å². The number of Topliss-reactive ketones (excluding diaryl/α,β-unsaturated/α-hetero) is 1. The Morgan fingerprint density at radius 3 is 2.72 bits per heavy atom. The summed E-state index contributed by atoms with van der Waals surface area (Å²) < 4.78 is 2.05. The molecule has 1 amide bonds. The number of ketones is 1. The van der Waals surface area contributed by atoms with Crippen LogP contribution in [0.15, 0.2) is 34.8 Å². The molecule has 0 aliphatic carbocycles. The van der Waals surface area contributed by atoms with Crippen LogP contribution in [0.1, 0.15) is 41.6 Å². The van der Waals surface area contributed by atoms with Gasteiger partial charge in [0.2, 0.25) is 5.91 Å². The summed E-state index contributed by atoms with van der Waals surface area (Å²) in [5.74, 6) is 0.884. The van der Waals surface area contributed by atoms with Gasteiger partial charge in [-0.05, 0) is 44.9 Å². The summed E-state index contributed by atoms with van der Waals surface area (Å²) in [4.78, 5) is 25.2. The molecule has 2 aromatic heterocycles. The van der Waals surface area contributed by atoms with Gasteiger partial charge in [0, 0.05) is 33.6 Å². The molecule has 152 valence electrons. The van der Waals surface area contributed by atoms with Gasteiger partial charge >= 0.3 is 0 Å². The minimum atomic E-state index is -0.150. The molecule has 8 heteroatoms. The van der Waals surface area contributed by atoms with Crippen molar-refractivity contribution in [2.24, 2.45) is 0 Å². The van der Waals surface area contributed by atoms with Crippen LogP contribution in [0.3, 0.4) is 0 Å². The Labute approximate surface area is 178 Å². The average molecular weight is 429 g/mol. The number of anilines is 1. The third kappa shape index (κ3) is 4.76. The van der Waals surface area contributed by atoms with Gasteiger partial charge in [-0.2, -0.15) is 0 Å². The first kappa shape index (κ1) is 21.3. The Bertz CT molecular complexity index is 1040. The molecule has 0 aliphatic heterocycles. The molecule has 0 aliphatic rings. The third-order valence-electron chi connectivity index (χ3n) is 4.62. The van der Waals surface area contributed by atoms with Crippen LogP contribution < -0.4 is 5.32 Å². The van der Waals surface area contributed by atoms with E-state index in [1.165, 1.54) is 29.1 Å². The monoisotopic (exact) mass is 428 g/mol. The van der Waals surface area contributed by atoms with Crippen LogP contribution in [-0.4, -0.2) is 32.2 Å². The van der Waals surface area contributed by atoms with E-state index in [1.807, 2.05) is 0 Å². The topological polar surface area (TPSA) is 76.9 Å². The number of hydrogen-bond donors (Lipinski definition) is 1. The Hall–Kier alpha value is -2.45. The molecule has 0 saturated heterocycles. The van der Waals surface area contributed by atoms with Crippen LogP contribution >= 0.6 is 23.1 Å². The van der Waals surface area contributed by atoms with Gasteiger partial charge in [0.15, 0.2) is 16.8 Å². The number of nitrogens with one attached hydrogen (secondary N) is 1. The quantitative estimate of drug-likeness (QED) is 0.411. The van der Waals surface area contributed by atoms with Crippen LogP contribution in [0.2, 0.25) is 0 Å². The molecule has 1 aromatic carbocycles. The molecule has 0 atom stereocenters. The SMILES string of the molecule is CCc1c(-c2nnc(SCC(=O)Nc3cccc(C(C)=O)c3)n2CC)csc1C. The highest BCUT2D eigenvalue weighted by atomic mass is 32.2. The minimum absolute atomic E-state index is 0.0332. The van der Waals surface area contributed by atoms with Crippen molar-refractivity contribution in [3.05, 3.63) is 45.6 Å². The number of nitrogens with zero attached hydrogens (tertiary/aromatic N) is 3. The number of aromatic nitrogens is 3. The summed E-state index contributed by atoms with van der Waals surface area (Å²) >= 11 is 3.08. The van der Waals surface area contributed by atoms with Gasteiger partial charge in [-0.1, -0.05) is 30.8 Å². The molecule has 0 fully saturated rings. The van der Waals surface area contributed by atoms with Crippen LogP contribution in [0, 0.1) is 6.92 Å². The number of rotatable bonds is 8. The van der Waals surface area contributed by atoms with Crippen molar-refractivity contribution in [1.29, 1.82) is 0 Å². The maximum atomic E-state index is 12.4. The number of benzene rings is 1. The molecular formula is C21H24N4O2S2. The standard InChI is InChI=1S/C21H24N4O2S2/c1-5-17-14(4)28-11-18(17)20-23-24-21(25(20)6-2)29-12-19(27)22-16-9-7-8-15(10-16)13(3)26/h7-11H,5-6,12H2,1-4H3,(H,22,27). The fourth-order valence-corrected chi connectivity index (χ4v) is 4.87. The van der Waals surface area contributed by atoms with Crippen LogP contribution in [0.25, 0.3) is 11.4 Å². The van der Waals surface area contributed by atoms with Gasteiger partial charge in [-0.25, -0.2) is 0 Å². The number of thiophene rings is 1. The van der Waals surface area contributed by atoms with E-state index >= 15 is 0 Å². The Morgan fingerprint density at radius 2 is 2.03 bits per heavy atom. The predicted molar refractivity (Wildman–Crippen MR) is 119 cm³/mol. The summed E-state index contributed by atoms with van der Waals surface area (Å²) in [6.45, 7) is 8.55.